The standard InChI is InChI=1S/C22H17FN4O4S/c1-14-5-11-19(12-6-14)32(29,30)27-18-4-2-3-16(13-18)20(28)24-22-26-25-21(31-22)15-7-9-17(23)10-8-15/h2-13,27H,1H3,(H,24,26,28). The fraction of sp³-hybridized carbons (Fsp3) is 0.0455. The number of carbonyl (C=O) groups excluding carboxylic acids is 1. The molecule has 8 nitrogen and oxygen atoms in total. The Hall–Kier alpha value is -4.05. The number of hydrogen-bond acceptors (Lipinski definition) is 6. The van der Waals surface area contributed by atoms with Gasteiger partial charge in [-0.05, 0) is 61.5 Å². The molecule has 0 spiro atoms. The van der Waals surface area contributed by atoms with Crippen molar-refractivity contribution in [3.05, 3.63) is 89.7 Å². The summed E-state index contributed by atoms with van der Waals surface area (Å²) >= 11 is 0. The topological polar surface area (TPSA) is 114 Å². The van der Waals surface area contributed by atoms with Gasteiger partial charge < -0.3 is 4.42 Å². The van der Waals surface area contributed by atoms with Crippen LogP contribution >= 0.6 is 0 Å². The number of hydrogen-bond donors (Lipinski definition) is 2. The van der Waals surface area contributed by atoms with E-state index in [1.165, 1.54) is 54.6 Å². The first kappa shape index (κ1) is 21.2. The van der Waals surface area contributed by atoms with Gasteiger partial charge >= 0.3 is 6.01 Å². The third-order valence-electron chi connectivity index (χ3n) is 4.44. The summed E-state index contributed by atoms with van der Waals surface area (Å²) in [5.41, 5.74) is 1.82. The van der Waals surface area contributed by atoms with E-state index in [1.54, 1.807) is 18.2 Å². The molecule has 0 aliphatic rings. The average molecular weight is 452 g/mol. The van der Waals surface area contributed by atoms with E-state index < -0.39 is 21.7 Å². The molecule has 4 aromatic rings. The van der Waals surface area contributed by atoms with Gasteiger partial charge in [-0.3, -0.25) is 14.8 Å². The van der Waals surface area contributed by atoms with Crippen LogP contribution in [0, 0.1) is 12.7 Å². The molecule has 1 aromatic heterocycles. The van der Waals surface area contributed by atoms with E-state index in [2.05, 4.69) is 20.2 Å². The minimum atomic E-state index is -3.81. The second kappa shape index (κ2) is 8.60. The van der Waals surface area contributed by atoms with Crippen molar-refractivity contribution in [2.24, 2.45) is 0 Å². The summed E-state index contributed by atoms with van der Waals surface area (Å²) in [5, 5.41) is 10.0. The molecule has 1 amide bonds. The number of nitrogens with zero attached hydrogens (tertiary/aromatic N) is 2. The zero-order chi connectivity index (χ0) is 22.7. The number of anilines is 2. The number of sulfonamides is 1. The number of aromatic nitrogens is 2. The van der Waals surface area contributed by atoms with Crippen LogP contribution in [0.1, 0.15) is 15.9 Å². The number of halogens is 1. The van der Waals surface area contributed by atoms with Gasteiger partial charge in [0.15, 0.2) is 0 Å². The summed E-state index contributed by atoms with van der Waals surface area (Å²) in [5.74, 6) is -0.865. The second-order valence-electron chi connectivity index (χ2n) is 6.87. The lowest BCUT2D eigenvalue weighted by atomic mass is 10.2. The Labute approximate surface area is 183 Å². The maximum absolute atomic E-state index is 13.0. The Kier molecular flexibility index (Phi) is 5.69. The van der Waals surface area contributed by atoms with Gasteiger partial charge in [-0.2, -0.15) is 0 Å². The van der Waals surface area contributed by atoms with Crippen molar-refractivity contribution in [3.63, 3.8) is 0 Å². The number of carbonyl (C=O) groups is 1. The van der Waals surface area contributed by atoms with Gasteiger partial charge in [-0.25, -0.2) is 12.8 Å². The quantitative estimate of drug-likeness (QED) is 0.452. The fourth-order valence-corrected chi connectivity index (χ4v) is 3.86. The lowest BCUT2D eigenvalue weighted by Gasteiger charge is -2.09. The molecular formula is C22H17FN4O4S. The SMILES string of the molecule is Cc1ccc(S(=O)(=O)Nc2cccc(C(=O)Nc3nnc(-c4ccc(F)cc4)o3)c2)cc1. The van der Waals surface area contributed by atoms with Gasteiger partial charge in [0.05, 0.1) is 4.90 Å². The Bertz CT molecular complexity index is 1370. The maximum Gasteiger partial charge on any atom is 0.322 e. The molecule has 0 radical (unpaired) electrons. The molecule has 0 fully saturated rings. The summed E-state index contributed by atoms with van der Waals surface area (Å²) in [6.45, 7) is 1.86. The maximum atomic E-state index is 13.0. The smallest absolute Gasteiger partial charge is 0.322 e. The number of aryl methyl sites for hydroxylation is 1. The summed E-state index contributed by atoms with van der Waals surface area (Å²) in [6.07, 6.45) is 0. The lowest BCUT2D eigenvalue weighted by Crippen LogP contribution is -2.15. The Morgan fingerprint density at radius 3 is 2.41 bits per heavy atom. The summed E-state index contributed by atoms with van der Waals surface area (Å²) in [4.78, 5) is 12.7. The van der Waals surface area contributed by atoms with Gasteiger partial charge in [-0.15, -0.1) is 5.10 Å². The first-order valence-corrected chi connectivity index (χ1v) is 10.9. The van der Waals surface area contributed by atoms with Crippen LogP contribution < -0.4 is 10.0 Å². The monoisotopic (exact) mass is 452 g/mol. The molecule has 0 unspecified atom stereocenters. The van der Waals surface area contributed by atoms with E-state index in [4.69, 9.17) is 4.42 Å². The highest BCUT2D eigenvalue weighted by molar-refractivity contribution is 7.92. The van der Waals surface area contributed by atoms with Crippen LogP contribution in [0.4, 0.5) is 16.1 Å². The summed E-state index contributed by atoms with van der Waals surface area (Å²) < 4.78 is 46.0. The molecule has 2 N–H and O–H groups in total. The third kappa shape index (κ3) is 4.81. The first-order valence-electron chi connectivity index (χ1n) is 9.40. The lowest BCUT2D eigenvalue weighted by molar-refractivity contribution is 0.102. The van der Waals surface area contributed by atoms with Crippen LogP contribution in [0.5, 0.6) is 0 Å². The van der Waals surface area contributed by atoms with Gasteiger partial charge in [0.1, 0.15) is 5.82 Å². The van der Waals surface area contributed by atoms with E-state index in [0.29, 0.717) is 5.56 Å². The predicted octanol–water partition coefficient (Wildman–Crippen LogP) is 4.24. The zero-order valence-corrected chi connectivity index (χ0v) is 17.6. The Morgan fingerprint density at radius 1 is 0.969 bits per heavy atom. The van der Waals surface area contributed by atoms with Crippen LogP contribution in [0.3, 0.4) is 0 Å². The van der Waals surface area contributed by atoms with Crippen molar-refractivity contribution in [1.29, 1.82) is 0 Å². The van der Waals surface area contributed by atoms with Crippen LogP contribution in [-0.2, 0) is 10.0 Å². The number of benzene rings is 3. The molecule has 32 heavy (non-hydrogen) atoms. The minimum Gasteiger partial charge on any atom is -0.403 e. The largest absolute Gasteiger partial charge is 0.403 e. The van der Waals surface area contributed by atoms with Crippen LogP contribution in [-0.4, -0.2) is 24.5 Å². The van der Waals surface area contributed by atoms with E-state index >= 15 is 0 Å². The first-order chi connectivity index (χ1) is 15.3. The van der Waals surface area contributed by atoms with Crippen molar-refractivity contribution < 1.29 is 22.0 Å². The van der Waals surface area contributed by atoms with Crippen LogP contribution in [0.2, 0.25) is 0 Å². The molecule has 0 saturated carbocycles. The molecule has 162 valence electrons. The molecule has 3 aromatic carbocycles. The van der Waals surface area contributed by atoms with Crippen molar-refractivity contribution >= 4 is 27.6 Å². The van der Waals surface area contributed by atoms with Crippen LogP contribution in [0.25, 0.3) is 11.5 Å². The Balaban J connectivity index is 1.48. The molecule has 4 rings (SSSR count). The molecule has 1 heterocycles. The highest BCUT2D eigenvalue weighted by Crippen LogP contribution is 2.21. The molecule has 0 atom stereocenters. The normalized spacial score (nSPS) is 11.2. The minimum absolute atomic E-state index is 0.108. The van der Waals surface area contributed by atoms with Gasteiger partial charge in [0.2, 0.25) is 5.89 Å². The molecule has 0 aliphatic carbocycles. The number of rotatable bonds is 6. The molecular weight excluding hydrogens is 435 g/mol. The van der Waals surface area contributed by atoms with E-state index in [9.17, 15) is 17.6 Å². The summed E-state index contributed by atoms with van der Waals surface area (Å²) in [7, 11) is -3.81. The predicted molar refractivity (Wildman–Crippen MR) is 116 cm³/mol. The van der Waals surface area contributed by atoms with Gasteiger partial charge in [-0.1, -0.05) is 28.9 Å². The number of nitrogens with one attached hydrogen (secondary N) is 2. The van der Waals surface area contributed by atoms with Gasteiger partial charge in [0, 0.05) is 16.8 Å². The second-order valence-corrected chi connectivity index (χ2v) is 8.56. The molecule has 0 saturated heterocycles. The molecule has 0 aliphatic heterocycles. The third-order valence-corrected chi connectivity index (χ3v) is 5.84. The van der Waals surface area contributed by atoms with Crippen molar-refractivity contribution in [2.45, 2.75) is 11.8 Å². The average Bonchev–Trinajstić information content (AvgIpc) is 3.23. The van der Waals surface area contributed by atoms with Gasteiger partial charge in [0.25, 0.3) is 15.9 Å². The van der Waals surface area contributed by atoms with Crippen LogP contribution in [0.15, 0.2) is 82.1 Å². The zero-order valence-electron chi connectivity index (χ0n) is 16.7. The highest BCUT2D eigenvalue weighted by atomic mass is 32.2. The van der Waals surface area contributed by atoms with Crippen molar-refractivity contribution in [2.75, 3.05) is 10.0 Å². The van der Waals surface area contributed by atoms with E-state index in [1.807, 2.05) is 6.92 Å². The summed E-state index contributed by atoms with van der Waals surface area (Å²) in [6, 6.07) is 17.7. The fourth-order valence-electron chi connectivity index (χ4n) is 2.81. The Morgan fingerprint density at radius 2 is 1.69 bits per heavy atom. The number of amides is 1. The highest BCUT2D eigenvalue weighted by Gasteiger charge is 2.16. The molecule has 0 bridgehead atoms. The van der Waals surface area contributed by atoms with Crippen molar-refractivity contribution in [1.82, 2.24) is 10.2 Å². The van der Waals surface area contributed by atoms with E-state index in [0.717, 1.165) is 5.56 Å². The van der Waals surface area contributed by atoms with Crippen molar-refractivity contribution in [3.8, 4) is 11.5 Å². The molecule has 10 heteroatoms. The van der Waals surface area contributed by atoms with E-state index in [-0.39, 0.29) is 28.1 Å².